The van der Waals surface area contributed by atoms with Crippen LogP contribution < -0.4 is 5.32 Å². The predicted molar refractivity (Wildman–Crippen MR) is 80.9 cm³/mol. The van der Waals surface area contributed by atoms with E-state index in [0.717, 1.165) is 22.3 Å². The molecule has 1 heterocycles. The molecule has 2 nitrogen and oxygen atoms in total. The minimum Gasteiger partial charge on any atom is -0.354 e. The molecule has 0 amide bonds. The summed E-state index contributed by atoms with van der Waals surface area (Å²) in [6, 6.07) is 16.7. The fourth-order valence-electron chi connectivity index (χ4n) is 2.35. The lowest BCUT2D eigenvalue weighted by molar-refractivity contribution is 1.36. The molecule has 3 rings (SSSR count). The van der Waals surface area contributed by atoms with Gasteiger partial charge in [0, 0.05) is 11.1 Å². The summed E-state index contributed by atoms with van der Waals surface area (Å²) in [5, 5.41) is 4.57. The highest BCUT2D eigenvalue weighted by Gasteiger charge is 1.99. The zero-order chi connectivity index (χ0) is 13.2. The van der Waals surface area contributed by atoms with Gasteiger partial charge in [-0.15, -0.1) is 0 Å². The molecule has 0 aliphatic carbocycles. The number of rotatable bonds is 2. The number of anilines is 2. The topological polar surface area (TPSA) is 24.9 Å². The zero-order valence-corrected chi connectivity index (χ0v) is 11.1. The van der Waals surface area contributed by atoms with Crippen LogP contribution in [0.3, 0.4) is 0 Å². The summed E-state index contributed by atoms with van der Waals surface area (Å²) in [5.74, 6) is 0. The first-order valence-corrected chi connectivity index (χ1v) is 6.41. The Hall–Kier alpha value is -2.35. The number of benzene rings is 2. The molecule has 0 bridgehead atoms. The van der Waals surface area contributed by atoms with Gasteiger partial charge in [0.05, 0.1) is 17.4 Å². The highest BCUT2D eigenvalue weighted by atomic mass is 14.9. The average molecular weight is 248 g/mol. The van der Waals surface area contributed by atoms with Crippen LogP contribution in [0.5, 0.6) is 0 Å². The van der Waals surface area contributed by atoms with E-state index in [2.05, 4.69) is 54.5 Å². The maximum Gasteiger partial charge on any atom is 0.0703 e. The van der Waals surface area contributed by atoms with E-state index in [1.165, 1.54) is 11.1 Å². The quantitative estimate of drug-likeness (QED) is 0.717. The van der Waals surface area contributed by atoms with E-state index in [1.54, 1.807) is 0 Å². The summed E-state index contributed by atoms with van der Waals surface area (Å²) in [6.07, 6.45) is 1.88. The SMILES string of the molecule is Cc1cc(C)cc(Nc2cnc3ccccc3c2)c1. The summed E-state index contributed by atoms with van der Waals surface area (Å²) in [7, 11) is 0. The van der Waals surface area contributed by atoms with Crippen molar-refractivity contribution < 1.29 is 0 Å². The third-order valence-corrected chi connectivity index (χ3v) is 3.10. The smallest absolute Gasteiger partial charge is 0.0703 e. The lowest BCUT2D eigenvalue weighted by Gasteiger charge is -2.09. The van der Waals surface area contributed by atoms with Crippen molar-refractivity contribution in [2.75, 3.05) is 5.32 Å². The van der Waals surface area contributed by atoms with E-state index in [0.29, 0.717) is 0 Å². The minimum absolute atomic E-state index is 1.02. The van der Waals surface area contributed by atoms with Crippen molar-refractivity contribution >= 4 is 22.3 Å². The van der Waals surface area contributed by atoms with Gasteiger partial charge in [-0.2, -0.15) is 0 Å². The van der Waals surface area contributed by atoms with E-state index in [-0.39, 0.29) is 0 Å². The van der Waals surface area contributed by atoms with Crippen molar-refractivity contribution in [2.24, 2.45) is 0 Å². The van der Waals surface area contributed by atoms with E-state index in [9.17, 15) is 0 Å². The molecule has 0 saturated carbocycles. The van der Waals surface area contributed by atoms with Crippen LogP contribution in [0.1, 0.15) is 11.1 Å². The van der Waals surface area contributed by atoms with Gasteiger partial charge in [0.1, 0.15) is 0 Å². The second-order valence-corrected chi connectivity index (χ2v) is 4.92. The molecular weight excluding hydrogens is 232 g/mol. The number of aromatic nitrogens is 1. The van der Waals surface area contributed by atoms with E-state index < -0.39 is 0 Å². The van der Waals surface area contributed by atoms with Gasteiger partial charge in [0.2, 0.25) is 0 Å². The largest absolute Gasteiger partial charge is 0.354 e. The van der Waals surface area contributed by atoms with Gasteiger partial charge < -0.3 is 5.32 Å². The van der Waals surface area contributed by atoms with Crippen molar-refractivity contribution in [2.45, 2.75) is 13.8 Å². The molecule has 0 fully saturated rings. The Morgan fingerprint density at radius 3 is 2.37 bits per heavy atom. The fraction of sp³-hybridized carbons (Fsp3) is 0.118. The Kier molecular flexibility index (Phi) is 2.92. The Morgan fingerprint density at radius 2 is 1.58 bits per heavy atom. The van der Waals surface area contributed by atoms with E-state index >= 15 is 0 Å². The molecule has 1 N–H and O–H groups in total. The molecule has 0 unspecified atom stereocenters. The van der Waals surface area contributed by atoms with Crippen LogP contribution in [0.2, 0.25) is 0 Å². The second kappa shape index (κ2) is 4.73. The van der Waals surface area contributed by atoms with Gasteiger partial charge in [0.15, 0.2) is 0 Å². The molecule has 94 valence electrons. The van der Waals surface area contributed by atoms with Crippen molar-refractivity contribution in [3.8, 4) is 0 Å². The van der Waals surface area contributed by atoms with Crippen molar-refractivity contribution in [3.05, 3.63) is 65.9 Å². The van der Waals surface area contributed by atoms with Crippen LogP contribution in [0.25, 0.3) is 10.9 Å². The van der Waals surface area contributed by atoms with Crippen molar-refractivity contribution in [1.82, 2.24) is 4.98 Å². The van der Waals surface area contributed by atoms with Gasteiger partial charge in [-0.3, -0.25) is 4.98 Å². The van der Waals surface area contributed by atoms with Crippen LogP contribution in [0, 0.1) is 13.8 Å². The third-order valence-electron chi connectivity index (χ3n) is 3.10. The van der Waals surface area contributed by atoms with Gasteiger partial charge in [-0.25, -0.2) is 0 Å². The van der Waals surface area contributed by atoms with Crippen molar-refractivity contribution in [3.63, 3.8) is 0 Å². The van der Waals surface area contributed by atoms with E-state index in [4.69, 9.17) is 0 Å². The molecule has 1 aromatic heterocycles. The van der Waals surface area contributed by atoms with Crippen LogP contribution >= 0.6 is 0 Å². The lowest BCUT2D eigenvalue weighted by atomic mass is 10.1. The van der Waals surface area contributed by atoms with Crippen LogP contribution in [0.4, 0.5) is 11.4 Å². The number of pyridine rings is 1. The summed E-state index contributed by atoms with van der Waals surface area (Å²) in [4.78, 5) is 4.46. The Balaban J connectivity index is 1.96. The summed E-state index contributed by atoms with van der Waals surface area (Å²) >= 11 is 0. The first kappa shape index (κ1) is 11.7. The molecule has 0 spiro atoms. The minimum atomic E-state index is 1.02. The molecule has 0 aliphatic rings. The average Bonchev–Trinajstić information content (AvgIpc) is 2.37. The summed E-state index contributed by atoms with van der Waals surface area (Å²) in [5.41, 5.74) is 5.67. The monoisotopic (exact) mass is 248 g/mol. The van der Waals surface area contributed by atoms with E-state index in [1.807, 2.05) is 24.4 Å². The third kappa shape index (κ3) is 2.58. The second-order valence-electron chi connectivity index (χ2n) is 4.92. The predicted octanol–water partition coefficient (Wildman–Crippen LogP) is 4.60. The van der Waals surface area contributed by atoms with Crippen LogP contribution in [-0.4, -0.2) is 4.98 Å². The normalized spacial score (nSPS) is 10.6. The number of hydrogen-bond donors (Lipinski definition) is 1. The standard InChI is InChI=1S/C17H16N2/c1-12-7-13(2)9-15(8-12)19-16-10-14-5-3-4-6-17(14)18-11-16/h3-11,19H,1-2H3. The fourth-order valence-corrected chi connectivity index (χ4v) is 2.35. The van der Waals surface area contributed by atoms with Gasteiger partial charge >= 0.3 is 0 Å². The lowest BCUT2D eigenvalue weighted by Crippen LogP contribution is -1.93. The van der Waals surface area contributed by atoms with Gasteiger partial charge in [-0.05, 0) is 49.2 Å². The maximum atomic E-state index is 4.46. The number of aryl methyl sites for hydroxylation is 2. The highest BCUT2D eigenvalue weighted by molar-refractivity contribution is 5.82. The molecule has 0 atom stereocenters. The summed E-state index contributed by atoms with van der Waals surface area (Å²) in [6.45, 7) is 4.22. The number of nitrogens with zero attached hydrogens (tertiary/aromatic N) is 1. The molecule has 0 saturated heterocycles. The number of para-hydroxylation sites is 1. The highest BCUT2D eigenvalue weighted by Crippen LogP contribution is 2.22. The molecule has 2 heteroatoms. The first-order chi connectivity index (χ1) is 9.20. The molecule has 0 aliphatic heterocycles. The van der Waals surface area contributed by atoms with Crippen LogP contribution in [-0.2, 0) is 0 Å². The summed E-state index contributed by atoms with van der Waals surface area (Å²) < 4.78 is 0. The van der Waals surface area contributed by atoms with Crippen LogP contribution in [0.15, 0.2) is 54.7 Å². The maximum absolute atomic E-state index is 4.46. The molecule has 0 radical (unpaired) electrons. The molecule has 19 heavy (non-hydrogen) atoms. The Labute approximate surface area is 113 Å². The first-order valence-electron chi connectivity index (χ1n) is 6.41. The number of fused-ring (bicyclic) bond motifs is 1. The Morgan fingerprint density at radius 1 is 0.842 bits per heavy atom. The zero-order valence-electron chi connectivity index (χ0n) is 11.1. The Bertz CT molecular complexity index is 712. The van der Waals surface area contributed by atoms with Crippen molar-refractivity contribution in [1.29, 1.82) is 0 Å². The van der Waals surface area contributed by atoms with Gasteiger partial charge in [-0.1, -0.05) is 24.3 Å². The number of hydrogen-bond acceptors (Lipinski definition) is 2. The molecule has 2 aromatic carbocycles. The molecular formula is C17H16N2. The number of nitrogens with one attached hydrogen (secondary N) is 1. The molecule has 3 aromatic rings. The van der Waals surface area contributed by atoms with Gasteiger partial charge in [0.25, 0.3) is 0 Å².